The van der Waals surface area contributed by atoms with Crippen molar-refractivity contribution in [2.45, 2.75) is 13.0 Å². The van der Waals surface area contributed by atoms with Crippen LogP contribution in [0.1, 0.15) is 22.3 Å². The molecule has 1 aliphatic rings. The zero-order valence-electron chi connectivity index (χ0n) is 17.7. The molecule has 0 unspecified atom stereocenters. The van der Waals surface area contributed by atoms with Crippen molar-refractivity contribution in [1.82, 2.24) is 14.8 Å². The summed E-state index contributed by atoms with van der Waals surface area (Å²) in [6, 6.07) is 19.2. The lowest BCUT2D eigenvalue weighted by Gasteiger charge is -2.22. The molecule has 1 aromatic heterocycles. The number of aromatic nitrogens is 1. The first-order valence-corrected chi connectivity index (χ1v) is 10.5. The van der Waals surface area contributed by atoms with Gasteiger partial charge in [0.1, 0.15) is 17.2 Å². The number of rotatable bonds is 6. The maximum Gasteiger partial charge on any atom is 0.253 e. The lowest BCUT2D eigenvalue weighted by atomic mass is 10.2. The molecule has 1 aliphatic heterocycles. The Morgan fingerprint density at radius 1 is 0.903 bits per heavy atom. The van der Waals surface area contributed by atoms with Crippen LogP contribution in [0.25, 0.3) is 0 Å². The molecule has 31 heavy (non-hydrogen) atoms. The highest BCUT2D eigenvalue weighted by Gasteiger charge is 2.20. The Morgan fingerprint density at radius 3 is 2.39 bits per heavy atom. The Morgan fingerprint density at radius 2 is 1.68 bits per heavy atom. The average Bonchev–Trinajstić information content (AvgIpc) is 3.06. The molecule has 1 amide bonds. The van der Waals surface area contributed by atoms with Crippen LogP contribution in [0.5, 0.6) is 17.2 Å². The lowest BCUT2D eigenvalue weighted by Crippen LogP contribution is -2.35. The molecule has 6 nitrogen and oxygen atoms in total. The number of amides is 1. The van der Waals surface area contributed by atoms with E-state index in [0.717, 1.165) is 44.9 Å². The molecule has 0 saturated carbocycles. The molecular weight excluding hydrogens is 390 g/mol. The summed E-state index contributed by atoms with van der Waals surface area (Å²) in [5.74, 6) is 2.30. The van der Waals surface area contributed by atoms with Gasteiger partial charge >= 0.3 is 0 Å². The number of benzene rings is 2. The van der Waals surface area contributed by atoms with E-state index in [1.807, 2.05) is 53.4 Å². The number of pyridine rings is 1. The van der Waals surface area contributed by atoms with Gasteiger partial charge in [-0.3, -0.25) is 14.7 Å². The molecule has 6 heteroatoms. The number of ether oxygens (including phenoxy) is 2. The Labute approximate surface area is 183 Å². The number of hydrogen-bond donors (Lipinski definition) is 0. The van der Waals surface area contributed by atoms with E-state index < -0.39 is 0 Å². The third-order valence-corrected chi connectivity index (χ3v) is 5.41. The maximum atomic E-state index is 13.0. The van der Waals surface area contributed by atoms with E-state index in [1.54, 1.807) is 19.5 Å². The van der Waals surface area contributed by atoms with Crippen LogP contribution < -0.4 is 9.47 Å². The van der Waals surface area contributed by atoms with Gasteiger partial charge in [-0.25, -0.2) is 0 Å². The predicted octanol–water partition coefficient (Wildman–Crippen LogP) is 4.23. The van der Waals surface area contributed by atoms with Gasteiger partial charge in [0, 0.05) is 44.5 Å². The van der Waals surface area contributed by atoms with Crippen molar-refractivity contribution < 1.29 is 14.3 Å². The molecule has 0 bridgehead atoms. The van der Waals surface area contributed by atoms with Crippen molar-refractivity contribution in [2.75, 3.05) is 33.3 Å². The first kappa shape index (κ1) is 20.9. The molecule has 2 heterocycles. The molecule has 0 N–H and O–H groups in total. The number of carbonyl (C=O) groups is 1. The van der Waals surface area contributed by atoms with Crippen molar-refractivity contribution in [2.24, 2.45) is 0 Å². The van der Waals surface area contributed by atoms with Crippen LogP contribution in [-0.4, -0.2) is 54.0 Å². The highest BCUT2D eigenvalue weighted by molar-refractivity contribution is 5.94. The van der Waals surface area contributed by atoms with Crippen molar-refractivity contribution in [3.8, 4) is 17.2 Å². The lowest BCUT2D eigenvalue weighted by molar-refractivity contribution is 0.0761. The van der Waals surface area contributed by atoms with Gasteiger partial charge in [-0.15, -0.1) is 0 Å². The van der Waals surface area contributed by atoms with Gasteiger partial charge in [0.15, 0.2) is 0 Å². The SMILES string of the molecule is COc1ccc(CN2CCCN(C(=O)c3ccc(Oc4cccnc4)cc3)CC2)cc1. The first-order valence-electron chi connectivity index (χ1n) is 10.5. The minimum atomic E-state index is 0.0687. The van der Waals surface area contributed by atoms with E-state index >= 15 is 0 Å². The minimum absolute atomic E-state index is 0.0687. The summed E-state index contributed by atoms with van der Waals surface area (Å²) < 4.78 is 11.0. The van der Waals surface area contributed by atoms with Gasteiger partial charge in [-0.2, -0.15) is 0 Å². The molecule has 3 aromatic rings. The smallest absolute Gasteiger partial charge is 0.253 e. The summed E-state index contributed by atoms with van der Waals surface area (Å²) >= 11 is 0. The third-order valence-electron chi connectivity index (χ3n) is 5.41. The molecule has 0 aliphatic carbocycles. The maximum absolute atomic E-state index is 13.0. The van der Waals surface area contributed by atoms with E-state index in [-0.39, 0.29) is 5.91 Å². The molecule has 160 valence electrons. The van der Waals surface area contributed by atoms with Crippen molar-refractivity contribution in [1.29, 1.82) is 0 Å². The quantitative estimate of drug-likeness (QED) is 0.601. The fourth-order valence-electron chi connectivity index (χ4n) is 3.71. The number of hydrogen-bond acceptors (Lipinski definition) is 5. The molecule has 1 saturated heterocycles. The summed E-state index contributed by atoms with van der Waals surface area (Å²) in [6.07, 6.45) is 4.33. The third kappa shape index (κ3) is 5.61. The van der Waals surface area contributed by atoms with E-state index in [2.05, 4.69) is 22.0 Å². The monoisotopic (exact) mass is 417 g/mol. The molecule has 0 atom stereocenters. The summed E-state index contributed by atoms with van der Waals surface area (Å²) in [5.41, 5.74) is 1.94. The van der Waals surface area contributed by atoms with Crippen LogP contribution >= 0.6 is 0 Å². The predicted molar refractivity (Wildman–Crippen MR) is 120 cm³/mol. The second-order valence-electron chi connectivity index (χ2n) is 7.59. The Bertz CT molecular complexity index is 975. The van der Waals surface area contributed by atoms with Gasteiger partial charge in [0.2, 0.25) is 0 Å². The van der Waals surface area contributed by atoms with E-state index in [9.17, 15) is 4.79 Å². The van der Waals surface area contributed by atoms with Crippen LogP contribution in [0, 0.1) is 0 Å². The van der Waals surface area contributed by atoms with E-state index in [1.165, 1.54) is 5.56 Å². The molecule has 4 rings (SSSR count). The zero-order chi connectivity index (χ0) is 21.5. The number of carbonyl (C=O) groups excluding carboxylic acids is 1. The summed E-state index contributed by atoms with van der Waals surface area (Å²) in [6.45, 7) is 4.22. The Kier molecular flexibility index (Phi) is 6.79. The second-order valence-corrected chi connectivity index (χ2v) is 7.59. The van der Waals surface area contributed by atoms with Crippen LogP contribution in [0.3, 0.4) is 0 Å². The standard InChI is InChI=1S/C25H27N3O3/c1-30-22-9-5-20(6-10-22)19-27-14-3-15-28(17-16-27)25(29)21-7-11-23(12-8-21)31-24-4-2-13-26-18-24/h2,4-13,18H,3,14-17,19H2,1H3. The molecule has 0 spiro atoms. The van der Waals surface area contributed by atoms with Gasteiger partial charge in [-0.05, 0) is 60.5 Å². The molecular formula is C25H27N3O3. The van der Waals surface area contributed by atoms with Crippen molar-refractivity contribution >= 4 is 5.91 Å². The van der Waals surface area contributed by atoms with Crippen molar-refractivity contribution in [3.63, 3.8) is 0 Å². The Balaban J connectivity index is 1.32. The minimum Gasteiger partial charge on any atom is -0.497 e. The fraction of sp³-hybridized carbons (Fsp3) is 0.280. The Hall–Kier alpha value is -3.38. The first-order chi connectivity index (χ1) is 15.2. The fourth-order valence-corrected chi connectivity index (χ4v) is 3.71. The number of methoxy groups -OCH3 is 1. The van der Waals surface area contributed by atoms with Gasteiger partial charge in [0.25, 0.3) is 5.91 Å². The summed E-state index contributed by atoms with van der Waals surface area (Å²) in [7, 11) is 1.68. The van der Waals surface area contributed by atoms with Crippen LogP contribution in [0.4, 0.5) is 0 Å². The highest BCUT2D eigenvalue weighted by atomic mass is 16.5. The zero-order valence-corrected chi connectivity index (χ0v) is 17.7. The van der Waals surface area contributed by atoms with E-state index in [4.69, 9.17) is 9.47 Å². The van der Waals surface area contributed by atoms with Crippen LogP contribution in [0.15, 0.2) is 73.1 Å². The van der Waals surface area contributed by atoms with Crippen LogP contribution in [0.2, 0.25) is 0 Å². The van der Waals surface area contributed by atoms with Gasteiger partial charge in [-0.1, -0.05) is 12.1 Å². The molecule has 1 fully saturated rings. The van der Waals surface area contributed by atoms with Gasteiger partial charge < -0.3 is 14.4 Å². The van der Waals surface area contributed by atoms with E-state index in [0.29, 0.717) is 17.1 Å². The highest BCUT2D eigenvalue weighted by Crippen LogP contribution is 2.21. The summed E-state index contributed by atoms with van der Waals surface area (Å²) in [4.78, 5) is 21.4. The molecule has 2 aromatic carbocycles. The average molecular weight is 418 g/mol. The second kappa shape index (κ2) is 10.1. The van der Waals surface area contributed by atoms with Gasteiger partial charge in [0.05, 0.1) is 13.3 Å². The molecule has 0 radical (unpaired) electrons. The number of nitrogens with zero attached hydrogens (tertiary/aromatic N) is 3. The summed E-state index contributed by atoms with van der Waals surface area (Å²) in [5, 5.41) is 0. The topological polar surface area (TPSA) is 54.9 Å². The van der Waals surface area contributed by atoms with Crippen LogP contribution in [-0.2, 0) is 6.54 Å². The van der Waals surface area contributed by atoms with Crippen molar-refractivity contribution in [3.05, 3.63) is 84.2 Å². The largest absolute Gasteiger partial charge is 0.497 e. The normalized spacial score (nSPS) is 14.7.